The predicted molar refractivity (Wildman–Crippen MR) is 47.7 cm³/mol. The fraction of sp³-hybridized carbons (Fsp3) is 0.889. The number of carbonyl (C=O) groups is 1. The maximum absolute atomic E-state index is 11.4. The van der Waals surface area contributed by atoms with E-state index in [4.69, 9.17) is 9.94 Å². The lowest BCUT2D eigenvalue weighted by Crippen LogP contribution is -2.39. The molecule has 1 saturated carbocycles. The van der Waals surface area contributed by atoms with Crippen LogP contribution in [0.3, 0.4) is 0 Å². The van der Waals surface area contributed by atoms with Gasteiger partial charge in [0, 0.05) is 19.6 Å². The van der Waals surface area contributed by atoms with Crippen LogP contribution in [0.5, 0.6) is 0 Å². The molecular formula is C9H17NO3. The van der Waals surface area contributed by atoms with Crippen LogP contribution in [0.2, 0.25) is 0 Å². The van der Waals surface area contributed by atoms with Crippen molar-refractivity contribution < 1.29 is 14.7 Å². The first-order valence-electron chi connectivity index (χ1n) is 4.61. The molecule has 1 aliphatic rings. The number of aliphatic hydroxyl groups is 1. The maximum atomic E-state index is 11.4. The van der Waals surface area contributed by atoms with Gasteiger partial charge in [-0.25, -0.2) is 5.06 Å². The lowest BCUT2D eigenvalue weighted by atomic mass is 9.73. The van der Waals surface area contributed by atoms with Gasteiger partial charge in [0.1, 0.15) is 0 Å². The van der Waals surface area contributed by atoms with Gasteiger partial charge in [-0.15, -0.1) is 0 Å². The van der Waals surface area contributed by atoms with Crippen LogP contribution in [0.25, 0.3) is 0 Å². The predicted octanol–water partition coefficient (Wildman–Crippen LogP) is 0.415. The Morgan fingerprint density at radius 3 is 2.69 bits per heavy atom. The van der Waals surface area contributed by atoms with E-state index in [1.54, 1.807) is 7.05 Å². The van der Waals surface area contributed by atoms with Gasteiger partial charge < -0.3 is 5.11 Å². The molecule has 13 heavy (non-hydrogen) atoms. The molecule has 0 aromatic carbocycles. The van der Waals surface area contributed by atoms with E-state index < -0.39 is 0 Å². The molecule has 0 heterocycles. The summed E-state index contributed by atoms with van der Waals surface area (Å²) in [5, 5.41) is 9.94. The molecule has 4 nitrogen and oxygen atoms in total. The Labute approximate surface area is 78.4 Å². The Balaban J connectivity index is 2.23. The van der Waals surface area contributed by atoms with E-state index >= 15 is 0 Å². The molecule has 0 atom stereocenters. The molecule has 0 saturated heterocycles. The third kappa shape index (κ3) is 2.42. The molecule has 1 amide bonds. The number of rotatable bonds is 4. The zero-order valence-corrected chi connectivity index (χ0v) is 8.19. The third-order valence-electron chi connectivity index (χ3n) is 2.71. The number of carbonyl (C=O) groups excluding carboxylic acids is 1. The highest BCUT2D eigenvalue weighted by Crippen LogP contribution is 2.36. The molecule has 0 spiro atoms. The van der Waals surface area contributed by atoms with Crippen LogP contribution in [0.15, 0.2) is 0 Å². The van der Waals surface area contributed by atoms with Crippen molar-refractivity contribution in [1.82, 2.24) is 5.06 Å². The number of aliphatic hydroxyl groups excluding tert-OH is 1. The van der Waals surface area contributed by atoms with Crippen LogP contribution in [-0.4, -0.2) is 36.8 Å². The van der Waals surface area contributed by atoms with Crippen LogP contribution in [0.1, 0.15) is 19.3 Å². The molecule has 0 aliphatic heterocycles. The summed E-state index contributed by atoms with van der Waals surface area (Å²) >= 11 is 0. The summed E-state index contributed by atoms with van der Waals surface area (Å²) < 4.78 is 0. The first kappa shape index (κ1) is 10.5. The van der Waals surface area contributed by atoms with Crippen molar-refractivity contribution in [1.29, 1.82) is 0 Å². The standard InChI is InChI=1S/C9H17NO3/c1-10(13-2)9(12)8-5-7(6-8)3-4-11/h7-8,11H,3-6H2,1-2H3. The van der Waals surface area contributed by atoms with Gasteiger partial charge in [-0.2, -0.15) is 0 Å². The van der Waals surface area contributed by atoms with Crippen molar-refractivity contribution in [2.45, 2.75) is 19.3 Å². The Morgan fingerprint density at radius 1 is 1.62 bits per heavy atom. The minimum Gasteiger partial charge on any atom is -0.396 e. The molecule has 0 radical (unpaired) electrons. The van der Waals surface area contributed by atoms with Gasteiger partial charge >= 0.3 is 0 Å². The Bertz CT molecular complexity index is 178. The average Bonchev–Trinajstić information content (AvgIpc) is 2.08. The monoisotopic (exact) mass is 187 g/mol. The molecule has 1 fully saturated rings. The zero-order valence-electron chi connectivity index (χ0n) is 8.19. The molecule has 76 valence electrons. The van der Waals surface area contributed by atoms with E-state index in [1.165, 1.54) is 12.2 Å². The molecule has 1 N–H and O–H groups in total. The van der Waals surface area contributed by atoms with E-state index in [-0.39, 0.29) is 18.4 Å². The van der Waals surface area contributed by atoms with Gasteiger partial charge in [0.2, 0.25) is 5.91 Å². The molecule has 1 aliphatic carbocycles. The van der Waals surface area contributed by atoms with Crippen molar-refractivity contribution >= 4 is 5.91 Å². The molecule has 0 aromatic rings. The number of nitrogens with zero attached hydrogens (tertiary/aromatic N) is 1. The quantitative estimate of drug-likeness (QED) is 0.649. The highest BCUT2D eigenvalue weighted by molar-refractivity contribution is 5.78. The van der Waals surface area contributed by atoms with Crippen LogP contribution < -0.4 is 0 Å². The number of hydroxylamine groups is 2. The number of hydrogen-bond donors (Lipinski definition) is 1. The molecule has 0 aromatic heterocycles. The first-order valence-corrected chi connectivity index (χ1v) is 4.61. The van der Waals surface area contributed by atoms with E-state index in [0.29, 0.717) is 5.92 Å². The number of amides is 1. The fourth-order valence-electron chi connectivity index (χ4n) is 1.70. The Morgan fingerprint density at radius 2 is 2.23 bits per heavy atom. The summed E-state index contributed by atoms with van der Waals surface area (Å²) in [5.41, 5.74) is 0. The molecule has 0 bridgehead atoms. The van der Waals surface area contributed by atoms with Crippen molar-refractivity contribution in [3.05, 3.63) is 0 Å². The average molecular weight is 187 g/mol. The van der Waals surface area contributed by atoms with Gasteiger partial charge in [0.05, 0.1) is 7.11 Å². The van der Waals surface area contributed by atoms with Crippen molar-refractivity contribution in [2.24, 2.45) is 11.8 Å². The van der Waals surface area contributed by atoms with E-state index in [0.717, 1.165) is 19.3 Å². The largest absolute Gasteiger partial charge is 0.396 e. The van der Waals surface area contributed by atoms with Gasteiger partial charge in [-0.3, -0.25) is 9.63 Å². The molecule has 4 heteroatoms. The zero-order chi connectivity index (χ0) is 9.84. The minimum atomic E-state index is 0.0525. The van der Waals surface area contributed by atoms with Crippen LogP contribution in [0.4, 0.5) is 0 Å². The molecule has 0 unspecified atom stereocenters. The summed E-state index contributed by atoms with van der Waals surface area (Å²) in [6, 6.07) is 0. The van der Waals surface area contributed by atoms with Crippen LogP contribution in [-0.2, 0) is 9.63 Å². The Hall–Kier alpha value is -0.610. The van der Waals surface area contributed by atoms with E-state index in [9.17, 15) is 4.79 Å². The fourth-order valence-corrected chi connectivity index (χ4v) is 1.70. The maximum Gasteiger partial charge on any atom is 0.248 e. The Kier molecular flexibility index (Phi) is 3.69. The number of hydrogen-bond acceptors (Lipinski definition) is 3. The first-order chi connectivity index (χ1) is 6.19. The summed E-state index contributed by atoms with van der Waals surface area (Å²) in [6.07, 6.45) is 2.61. The highest BCUT2D eigenvalue weighted by Gasteiger charge is 2.35. The third-order valence-corrected chi connectivity index (χ3v) is 2.71. The van der Waals surface area contributed by atoms with Crippen molar-refractivity contribution in [3.63, 3.8) is 0 Å². The summed E-state index contributed by atoms with van der Waals surface area (Å²) in [7, 11) is 3.11. The minimum absolute atomic E-state index is 0.0525. The summed E-state index contributed by atoms with van der Waals surface area (Å²) in [4.78, 5) is 16.2. The lowest BCUT2D eigenvalue weighted by Gasteiger charge is -2.35. The second-order valence-electron chi connectivity index (χ2n) is 3.56. The second-order valence-corrected chi connectivity index (χ2v) is 3.56. The van der Waals surface area contributed by atoms with Crippen LogP contribution >= 0.6 is 0 Å². The molecule has 1 rings (SSSR count). The van der Waals surface area contributed by atoms with Crippen molar-refractivity contribution in [2.75, 3.05) is 20.8 Å². The lowest BCUT2D eigenvalue weighted by molar-refractivity contribution is -0.178. The van der Waals surface area contributed by atoms with Gasteiger partial charge in [-0.1, -0.05) is 0 Å². The van der Waals surface area contributed by atoms with Gasteiger partial charge in [0.15, 0.2) is 0 Å². The van der Waals surface area contributed by atoms with Gasteiger partial charge in [-0.05, 0) is 25.2 Å². The second kappa shape index (κ2) is 4.58. The highest BCUT2D eigenvalue weighted by atomic mass is 16.7. The summed E-state index contributed by atoms with van der Waals surface area (Å²) in [5.74, 6) is 0.697. The van der Waals surface area contributed by atoms with Crippen molar-refractivity contribution in [3.8, 4) is 0 Å². The van der Waals surface area contributed by atoms with E-state index in [1.807, 2.05) is 0 Å². The molecular weight excluding hydrogens is 170 g/mol. The van der Waals surface area contributed by atoms with Crippen LogP contribution in [0, 0.1) is 11.8 Å². The van der Waals surface area contributed by atoms with E-state index in [2.05, 4.69) is 0 Å². The SMILES string of the molecule is CON(C)C(=O)C1CC(CCO)C1. The smallest absolute Gasteiger partial charge is 0.248 e. The normalized spacial score (nSPS) is 26.7. The summed E-state index contributed by atoms with van der Waals surface area (Å²) in [6.45, 7) is 0.228. The topological polar surface area (TPSA) is 49.8 Å². The van der Waals surface area contributed by atoms with Gasteiger partial charge in [0.25, 0.3) is 0 Å².